The Labute approximate surface area is 128 Å². The molecule has 1 unspecified atom stereocenters. The Kier molecular flexibility index (Phi) is 5.64. The van der Waals surface area contributed by atoms with Crippen LogP contribution < -0.4 is 10.6 Å². The van der Waals surface area contributed by atoms with Gasteiger partial charge in [0.15, 0.2) is 0 Å². The van der Waals surface area contributed by atoms with Gasteiger partial charge in [0.1, 0.15) is 0 Å². The number of amides is 1. The number of carbonyl (C=O) groups excluding carboxylic acids is 2. The molecule has 1 amide bonds. The second-order valence-electron chi connectivity index (χ2n) is 5.00. The van der Waals surface area contributed by atoms with Crippen molar-refractivity contribution >= 4 is 29.3 Å². The highest BCUT2D eigenvalue weighted by atomic mass is 32.2. The molecule has 0 saturated carbocycles. The summed E-state index contributed by atoms with van der Waals surface area (Å²) in [6, 6.07) is 5.35. The summed E-state index contributed by atoms with van der Waals surface area (Å²) in [6.45, 7) is 2.81. The van der Waals surface area contributed by atoms with Gasteiger partial charge in [0.05, 0.1) is 12.7 Å². The maximum Gasteiger partial charge on any atom is 0.337 e. The van der Waals surface area contributed by atoms with Gasteiger partial charge in [-0.25, -0.2) is 4.79 Å². The van der Waals surface area contributed by atoms with Crippen LogP contribution in [0.25, 0.3) is 0 Å². The number of carbonyl (C=O) groups is 2. The quantitative estimate of drug-likeness (QED) is 0.831. The summed E-state index contributed by atoms with van der Waals surface area (Å²) in [5.74, 6) is 1.68. The number of nitrogens with one attached hydrogen (secondary N) is 2. The zero-order valence-electron chi connectivity index (χ0n) is 12.3. The first-order valence-corrected chi connectivity index (χ1v) is 8.05. The van der Waals surface area contributed by atoms with Crippen LogP contribution in [0, 0.1) is 6.92 Å². The molecule has 1 saturated heterocycles. The summed E-state index contributed by atoms with van der Waals surface area (Å²) in [4.78, 5) is 23.5. The van der Waals surface area contributed by atoms with Crippen molar-refractivity contribution in [2.24, 2.45) is 0 Å². The lowest BCUT2D eigenvalue weighted by atomic mass is 10.1. The van der Waals surface area contributed by atoms with Crippen molar-refractivity contribution in [2.45, 2.75) is 19.4 Å². The van der Waals surface area contributed by atoms with E-state index in [4.69, 9.17) is 0 Å². The third kappa shape index (κ3) is 4.47. The lowest BCUT2D eigenvalue weighted by Gasteiger charge is -2.22. The van der Waals surface area contributed by atoms with Crippen molar-refractivity contribution in [1.29, 1.82) is 0 Å². The predicted molar refractivity (Wildman–Crippen MR) is 84.9 cm³/mol. The van der Waals surface area contributed by atoms with E-state index in [0.29, 0.717) is 12.0 Å². The van der Waals surface area contributed by atoms with E-state index in [1.54, 1.807) is 18.2 Å². The van der Waals surface area contributed by atoms with Crippen LogP contribution in [-0.2, 0) is 9.53 Å². The maximum absolute atomic E-state index is 12.1. The van der Waals surface area contributed by atoms with Crippen molar-refractivity contribution < 1.29 is 14.3 Å². The molecule has 2 rings (SSSR count). The minimum atomic E-state index is -0.376. The summed E-state index contributed by atoms with van der Waals surface area (Å²) in [7, 11) is 1.35. The van der Waals surface area contributed by atoms with E-state index in [9.17, 15) is 9.59 Å². The average Bonchev–Trinajstić information content (AvgIpc) is 2.49. The standard InChI is InChI=1S/C15H20N2O3S/c1-10-7-11(15(19)20-2)3-4-13(10)17-14(18)8-12-9-21-6-5-16-12/h3-4,7,12,16H,5-6,8-9H2,1-2H3,(H,17,18). The van der Waals surface area contributed by atoms with Gasteiger partial charge < -0.3 is 15.4 Å². The molecule has 2 N–H and O–H groups in total. The van der Waals surface area contributed by atoms with Crippen LogP contribution in [0.1, 0.15) is 22.3 Å². The highest BCUT2D eigenvalue weighted by molar-refractivity contribution is 7.99. The molecule has 1 fully saturated rings. The van der Waals surface area contributed by atoms with Gasteiger partial charge >= 0.3 is 5.97 Å². The lowest BCUT2D eigenvalue weighted by Crippen LogP contribution is -2.39. The fourth-order valence-corrected chi connectivity index (χ4v) is 3.17. The highest BCUT2D eigenvalue weighted by Crippen LogP contribution is 2.18. The Morgan fingerprint density at radius 3 is 2.90 bits per heavy atom. The lowest BCUT2D eigenvalue weighted by molar-refractivity contribution is -0.116. The smallest absolute Gasteiger partial charge is 0.337 e. The highest BCUT2D eigenvalue weighted by Gasteiger charge is 2.17. The Bertz CT molecular complexity index is 528. The molecule has 1 atom stereocenters. The van der Waals surface area contributed by atoms with Crippen LogP contribution in [0.4, 0.5) is 5.69 Å². The third-order valence-electron chi connectivity index (χ3n) is 3.35. The van der Waals surface area contributed by atoms with Crippen molar-refractivity contribution in [3.8, 4) is 0 Å². The molecule has 1 aliphatic rings. The van der Waals surface area contributed by atoms with Crippen LogP contribution in [0.15, 0.2) is 18.2 Å². The van der Waals surface area contributed by atoms with Crippen LogP contribution >= 0.6 is 11.8 Å². The summed E-state index contributed by atoms with van der Waals surface area (Å²) in [5, 5.41) is 6.24. The molecule has 0 spiro atoms. The van der Waals surface area contributed by atoms with E-state index in [2.05, 4.69) is 15.4 Å². The number of aryl methyl sites for hydroxylation is 1. The first-order chi connectivity index (χ1) is 10.1. The normalized spacial score (nSPS) is 18.1. The predicted octanol–water partition coefficient (Wildman–Crippen LogP) is 1.82. The molecule has 114 valence electrons. The van der Waals surface area contributed by atoms with E-state index in [1.165, 1.54) is 7.11 Å². The van der Waals surface area contributed by atoms with Gasteiger partial charge in [-0.2, -0.15) is 11.8 Å². The first-order valence-electron chi connectivity index (χ1n) is 6.90. The molecule has 0 aliphatic carbocycles. The second-order valence-corrected chi connectivity index (χ2v) is 6.15. The van der Waals surface area contributed by atoms with Crippen LogP contribution in [0.5, 0.6) is 0 Å². The fraction of sp³-hybridized carbons (Fsp3) is 0.467. The molecule has 0 aromatic heterocycles. The van der Waals surface area contributed by atoms with Gasteiger partial charge in [-0.3, -0.25) is 4.79 Å². The molecule has 1 aliphatic heterocycles. The number of hydrogen-bond acceptors (Lipinski definition) is 5. The van der Waals surface area contributed by atoms with E-state index in [1.807, 2.05) is 18.7 Å². The first kappa shape index (κ1) is 15.9. The molecule has 21 heavy (non-hydrogen) atoms. The maximum atomic E-state index is 12.1. The van der Waals surface area contributed by atoms with E-state index in [0.717, 1.165) is 29.3 Å². The fourth-order valence-electron chi connectivity index (χ4n) is 2.22. The summed E-state index contributed by atoms with van der Waals surface area (Å²) in [6.07, 6.45) is 0.463. The number of hydrogen-bond donors (Lipinski definition) is 2. The van der Waals surface area contributed by atoms with Crippen LogP contribution in [0.3, 0.4) is 0 Å². The van der Waals surface area contributed by atoms with Crippen molar-refractivity contribution in [3.05, 3.63) is 29.3 Å². The third-order valence-corrected chi connectivity index (χ3v) is 4.48. The van der Waals surface area contributed by atoms with Crippen molar-refractivity contribution in [1.82, 2.24) is 5.32 Å². The Hall–Kier alpha value is -1.53. The molecule has 1 aromatic rings. The summed E-state index contributed by atoms with van der Waals surface area (Å²) in [5.41, 5.74) is 2.06. The summed E-state index contributed by atoms with van der Waals surface area (Å²) >= 11 is 1.87. The number of rotatable bonds is 4. The van der Waals surface area contributed by atoms with Gasteiger partial charge in [0.25, 0.3) is 0 Å². The van der Waals surface area contributed by atoms with Crippen LogP contribution in [-0.4, -0.2) is 43.1 Å². The van der Waals surface area contributed by atoms with Gasteiger partial charge in [0, 0.05) is 36.2 Å². The monoisotopic (exact) mass is 308 g/mol. The van der Waals surface area contributed by atoms with E-state index in [-0.39, 0.29) is 17.9 Å². The second kappa shape index (κ2) is 7.47. The Morgan fingerprint density at radius 1 is 1.48 bits per heavy atom. The summed E-state index contributed by atoms with van der Waals surface area (Å²) < 4.78 is 4.68. The van der Waals surface area contributed by atoms with E-state index >= 15 is 0 Å². The number of methoxy groups -OCH3 is 1. The van der Waals surface area contributed by atoms with Gasteiger partial charge in [-0.05, 0) is 30.7 Å². The van der Waals surface area contributed by atoms with Crippen molar-refractivity contribution in [3.63, 3.8) is 0 Å². The Balaban J connectivity index is 1.95. The number of anilines is 1. The minimum absolute atomic E-state index is 0.0103. The molecule has 1 aromatic carbocycles. The zero-order chi connectivity index (χ0) is 15.2. The molecule has 5 nitrogen and oxygen atoms in total. The number of benzene rings is 1. The Morgan fingerprint density at radius 2 is 2.29 bits per heavy atom. The molecular formula is C15H20N2O3S. The van der Waals surface area contributed by atoms with E-state index < -0.39 is 0 Å². The SMILES string of the molecule is COC(=O)c1ccc(NC(=O)CC2CSCCN2)c(C)c1. The molecular weight excluding hydrogens is 288 g/mol. The number of ether oxygens (including phenoxy) is 1. The molecule has 6 heteroatoms. The molecule has 0 bridgehead atoms. The van der Waals surface area contributed by atoms with Gasteiger partial charge in [0.2, 0.25) is 5.91 Å². The average molecular weight is 308 g/mol. The van der Waals surface area contributed by atoms with Crippen molar-refractivity contribution in [2.75, 3.05) is 30.5 Å². The molecule has 0 radical (unpaired) electrons. The van der Waals surface area contributed by atoms with Gasteiger partial charge in [-0.1, -0.05) is 0 Å². The number of esters is 1. The topological polar surface area (TPSA) is 67.4 Å². The molecule has 1 heterocycles. The largest absolute Gasteiger partial charge is 0.465 e. The minimum Gasteiger partial charge on any atom is -0.465 e. The van der Waals surface area contributed by atoms with Crippen LogP contribution in [0.2, 0.25) is 0 Å². The zero-order valence-corrected chi connectivity index (χ0v) is 13.1. The van der Waals surface area contributed by atoms with Gasteiger partial charge in [-0.15, -0.1) is 0 Å². The number of thioether (sulfide) groups is 1.